The molecule has 1 N–H and O–H groups in total. The molecule has 4 heteroatoms. The maximum Gasteiger partial charge on any atom is 0.119 e. The molecule has 0 radical (unpaired) electrons. The van der Waals surface area contributed by atoms with Crippen molar-refractivity contribution in [3.63, 3.8) is 0 Å². The third kappa shape index (κ3) is 6.61. The van der Waals surface area contributed by atoms with Crippen LogP contribution in [0.4, 0.5) is 0 Å². The number of unbranched alkanes of at least 4 members (excludes halogenated alkanes) is 2. The zero-order valence-electron chi connectivity index (χ0n) is 16.3. The number of aliphatic hydroxyl groups is 1. The number of aliphatic hydroxyl groups excluding tert-OH is 1. The van der Waals surface area contributed by atoms with Gasteiger partial charge in [0.25, 0.3) is 0 Å². The van der Waals surface area contributed by atoms with Crippen molar-refractivity contribution in [1.82, 2.24) is 9.80 Å². The number of ether oxygens (including phenoxy) is 1. The average molecular weight is 349 g/mol. The van der Waals surface area contributed by atoms with Crippen molar-refractivity contribution in [2.45, 2.75) is 46.1 Å². The molecule has 0 amide bonds. The van der Waals surface area contributed by atoms with E-state index in [0.717, 1.165) is 45.0 Å². The highest BCUT2D eigenvalue weighted by Crippen LogP contribution is 2.24. The van der Waals surface area contributed by atoms with Crippen LogP contribution in [-0.4, -0.2) is 60.8 Å². The van der Waals surface area contributed by atoms with Gasteiger partial charge >= 0.3 is 0 Å². The van der Waals surface area contributed by atoms with Crippen molar-refractivity contribution in [3.05, 3.63) is 29.8 Å². The molecule has 2 rings (SSSR count). The summed E-state index contributed by atoms with van der Waals surface area (Å²) in [5.74, 6) is 1.64. The maximum absolute atomic E-state index is 9.93. The van der Waals surface area contributed by atoms with Crippen LogP contribution in [0.15, 0.2) is 24.3 Å². The van der Waals surface area contributed by atoms with Crippen LogP contribution in [0.1, 0.15) is 51.6 Å². The van der Waals surface area contributed by atoms with Crippen molar-refractivity contribution in [1.29, 1.82) is 0 Å². The fourth-order valence-corrected chi connectivity index (χ4v) is 3.53. The standard InChI is InChI=1S/C21H36N2O2/c1-4-5-6-15-25-20-9-7-19(8-10-20)21(17-24)23-13-11-22(12-14-23)16-18(2)3/h7-10,18,21,24H,4-6,11-17H2,1-3H3. The highest BCUT2D eigenvalue weighted by molar-refractivity contribution is 5.29. The maximum atomic E-state index is 9.93. The van der Waals surface area contributed by atoms with Gasteiger partial charge in [-0.05, 0) is 30.0 Å². The molecule has 1 fully saturated rings. The van der Waals surface area contributed by atoms with Gasteiger partial charge in [-0.15, -0.1) is 0 Å². The van der Waals surface area contributed by atoms with Crippen LogP contribution < -0.4 is 4.74 Å². The molecule has 1 heterocycles. The molecule has 0 aliphatic carbocycles. The molecule has 0 bridgehead atoms. The Kier molecular flexibility index (Phi) is 8.73. The summed E-state index contributed by atoms with van der Waals surface area (Å²) in [6.45, 7) is 13.1. The molecule has 0 spiro atoms. The van der Waals surface area contributed by atoms with E-state index in [9.17, 15) is 5.11 Å². The topological polar surface area (TPSA) is 35.9 Å². The summed E-state index contributed by atoms with van der Waals surface area (Å²) in [5, 5.41) is 9.93. The fourth-order valence-electron chi connectivity index (χ4n) is 3.53. The van der Waals surface area contributed by atoms with E-state index in [0.29, 0.717) is 5.92 Å². The van der Waals surface area contributed by atoms with Gasteiger partial charge in [0.1, 0.15) is 5.75 Å². The molecule has 0 saturated carbocycles. The van der Waals surface area contributed by atoms with Crippen LogP contribution in [0.25, 0.3) is 0 Å². The second kappa shape index (κ2) is 10.8. The van der Waals surface area contributed by atoms with Crippen molar-refractivity contribution in [3.8, 4) is 5.75 Å². The van der Waals surface area contributed by atoms with E-state index in [1.54, 1.807) is 0 Å². The molecule has 25 heavy (non-hydrogen) atoms. The van der Waals surface area contributed by atoms with Gasteiger partial charge in [-0.1, -0.05) is 45.7 Å². The number of benzene rings is 1. The first-order valence-corrected chi connectivity index (χ1v) is 9.94. The quantitative estimate of drug-likeness (QED) is 0.656. The van der Waals surface area contributed by atoms with E-state index in [-0.39, 0.29) is 12.6 Å². The molecule has 1 aliphatic rings. The largest absolute Gasteiger partial charge is 0.494 e. The molecule has 1 atom stereocenters. The molecule has 1 saturated heterocycles. The van der Waals surface area contributed by atoms with Crippen LogP contribution in [0, 0.1) is 5.92 Å². The van der Waals surface area contributed by atoms with Crippen LogP contribution in [0.5, 0.6) is 5.75 Å². The molecule has 0 aromatic heterocycles. The normalized spacial score (nSPS) is 17.8. The molecule has 142 valence electrons. The molecule has 1 aromatic carbocycles. The predicted octanol–water partition coefficient (Wildman–Crippen LogP) is 3.56. The number of rotatable bonds is 10. The van der Waals surface area contributed by atoms with Gasteiger partial charge in [0.2, 0.25) is 0 Å². The summed E-state index contributed by atoms with van der Waals surface area (Å²) in [6, 6.07) is 8.39. The lowest BCUT2D eigenvalue weighted by atomic mass is 10.0. The van der Waals surface area contributed by atoms with Gasteiger partial charge in [-0.2, -0.15) is 0 Å². The van der Waals surface area contributed by atoms with Crippen molar-refractivity contribution < 1.29 is 9.84 Å². The second-order valence-corrected chi connectivity index (χ2v) is 7.55. The first-order valence-electron chi connectivity index (χ1n) is 9.94. The average Bonchev–Trinajstić information content (AvgIpc) is 2.61. The Hall–Kier alpha value is -1.10. The first-order chi connectivity index (χ1) is 12.1. The number of piperazine rings is 1. The number of nitrogens with zero attached hydrogens (tertiary/aromatic N) is 2. The minimum Gasteiger partial charge on any atom is -0.494 e. The van der Waals surface area contributed by atoms with Crippen LogP contribution in [0.2, 0.25) is 0 Å². The summed E-state index contributed by atoms with van der Waals surface area (Å²) in [7, 11) is 0. The molecular weight excluding hydrogens is 312 g/mol. The SMILES string of the molecule is CCCCCOc1ccc(C(CO)N2CCN(CC(C)C)CC2)cc1. The summed E-state index contributed by atoms with van der Waals surface area (Å²) in [5.41, 5.74) is 1.18. The molecule has 1 aliphatic heterocycles. The lowest BCUT2D eigenvalue weighted by Gasteiger charge is -2.39. The van der Waals surface area contributed by atoms with E-state index < -0.39 is 0 Å². The zero-order chi connectivity index (χ0) is 18.1. The number of hydrogen-bond donors (Lipinski definition) is 1. The van der Waals surface area contributed by atoms with Gasteiger partial charge in [0.05, 0.1) is 19.3 Å². The van der Waals surface area contributed by atoms with Crippen molar-refractivity contribution in [2.75, 3.05) is 45.9 Å². The zero-order valence-corrected chi connectivity index (χ0v) is 16.3. The van der Waals surface area contributed by atoms with Gasteiger partial charge in [-0.3, -0.25) is 4.90 Å². The Balaban J connectivity index is 1.86. The Labute approximate surface area is 153 Å². The van der Waals surface area contributed by atoms with Crippen LogP contribution in [0.3, 0.4) is 0 Å². The van der Waals surface area contributed by atoms with Crippen LogP contribution in [-0.2, 0) is 0 Å². The number of hydrogen-bond acceptors (Lipinski definition) is 4. The predicted molar refractivity (Wildman–Crippen MR) is 104 cm³/mol. The smallest absolute Gasteiger partial charge is 0.119 e. The fraction of sp³-hybridized carbons (Fsp3) is 0.714. The van der Waals surface area contributed by atoms with Crippen molar-refractivity contribution in [2.24, 2.45) is 5.92 Å². The van der Waals surface area contributed by atoms with E-state index in [1.807, 2.05) is 12.1 Å². The minimum atomic E-state index is 0.0929. The Bertz CT molecular complexity index is 467. The Morgan fingerprint density at radius 1 is 1.04 bits per heavy atom. The van der Waals surface area contributed by atoms with Gasteiger partial charge in [0.15, 0.2) is 0 Å². The molecule has 1 unspecified atom stereocenters. The highest BCUT2D eigenvalue weighted by Gasteiger charge is 2.24. The monoisotopic (exact) mass is 348 g/mol. The van der Waals surface area contributed by atoms with Gasteiger partial charge in [0, 0.05) is 32.7 Å². The van der Waals surface area contributed by atoms with Gasteiger partial charge < -0.3 is 14.7 Å². The molecule has 4 nitrogen and oxygen atoms in total. The third-order valence-electron chi connectivity index (χ3n) is 4.93. The molecular formula is C21H36N2O2. The lowest BCUT2D eigenvalue weighted by Crippen LogP contribution is -2.49. The minimum absolute atomic E-state index is 0.0929. The summed E-state index contributed by atoms with van der Waals surface area (Å²) in [6.07, 6.45) is 3.54. The van der Waals surface area contributed by atoms with E-state index >= 15 is 0 Å². The van der Waals surface area contributed by atoms with E-state index in [1.165, 1.54) is 24.9 Å². The summed E-state index contributed by atoms with van der Waals surface area (Å²) < 4.78 is 5.79. The first kappa shape index (κ1) is 20.2. The Morgan fingerprint density at radius 2 is 1.72 bits per heavy atom. The third-order valence-corrected chi connectivity index (χ3v) is 4.93. The lowest BCUT2D eigenvalue weighted by molar-refractivity contribution is 0.0606. The highest BCUT2D eigenvalue weighted by atomic mass is 16.5. The summed E-state index contributed by atoms with van der Waals surface area (Å²) in [4.78, 5) is 4.94. The van der Waals surface area contributed by atoms with Gasteiger partial charge in [-0.25, -0.2) is 0 Å². The van der Waals surface area contributed by atoms with Crippen molar-refractivity contribution >= 4 is 0 Å². The Morgan fingerprint density at radius 3 is 2.28 bits per heavy atom. The van der Waals surface area contributed by atoms with Crippen LogP contribution >= 0.6 is 0 Å². The van der Waals surface area contributed by atoms with E-state index in [2.05, 4.69) is 42.7 Å². The van der Waals surface area contributed by atoms with E-state index in [4.69, 9.17) is 4.74 Å². The summed E-state index contributed by atoms with van der Waals surface area (Å²) >= 11 is 0. The molecule has 1 aromatic rings. The second-order valence-electron chi connectivity index (χ2n) is 7.55.